The van der Waals surface area contributed by atoms with Crippen molar-refractivity contribution in [2.45, 2.75) is 12.3 Å². The van der Waals surface area contributed by atoms with Crippen LogP contribution in [-0.4, -0.2) is 0 Å². The Morgan fingerprint density at radius 2 is 1.00 bits per heavy atom. The van der Waals surface area contributed by atoms with E-state index in [0.717, 1.165) is 0 Å². The van der Waals surface area contributed by atoms with E-state index in [-0.39, 0.29) is 5.41 Å². The summed E-state index contributed by atoms with van der Waals surface area (Å²) in [5.74, 6) is 0. The minimum atomic E-state index is -0.282. The van der Waals surface area contributed by atoms with Gasteiger partial charge in [0.15, 0.2) is 0 Å². The maximum absolute atomic E-state index is 2.37. The number of benzene rings is 6. The van der Waals surface area contributed by atoms with E-state index in [1.165, 1.54) is 71.6 Å². The molecule has 0 heteroatoms. The van der Waals surface area contributed by atoms with E-state index in [1.807, 2.05) is 0 Å². The van der Waals surface area contributed by atoms with Gasteiger partial charge in [0.1, 0.15) is 0 Å². The third-order valence-electron chi connectivity index (χ3n) is 8.13. The quantitative estimate of drug-likeness (QED) is 0.229. The highest BCUT2D eigenvalue weighted by molar-refractivity contribution is 6.17. The Bertz CT molecular complexity index is 1740. The molecule has 0 heterocycles. The highest BCUT2D eigenvalue weighted by Crippen LogP contribution is 2.63. The van der Waals surface area contributed by atoms with E-state index in [2.05, 4.69) is 122 Å². The van der Waals surface area contributed by atoms with Crippen LogP contribution in [0.3, 0.4) is 0 Å². The molecule has 6 aromatic carbocycles. The molecule has 0 nitrogen and oxygen atoms in total. The Hall–Kier alpha value is -4.16. The molecule has 0 unspecified atom stereocenters. The van der Waals surface area contributed by atoms with Crippen LogP contribution in [0, 0.1) is 6.92 Å². The standard InChI is InChI=1S/C34H22/c1-21-15-17-22(18-16-21)25-10-6-14-30-33(25)26-9-2-3-11-27(26)34(30)28-12-4-7-23-19-20-24-8-5-13-29(34)32(24)31(23)28/h2-20H,1H3. The van der Waals surface area contributed by atoms with Crippen LogP contribution in [0.2, 0.25) is 0 Å². The van der Waals surface area contributed by atoms with E-state index in [0.29, 0.717) is 0 Å². The molecule has 0 saturated heterocycles. The molecule has 0 saturated carbocycles. The number of hydrogen-bond donors (Lipinski definition) is 0. The molecule has 6 aromatic rings. The van der Waals surface area contributed by atoms with Gasteiger partial charge < -0.3 is 0 Å². The summed E-state index contributed by atoms with van der Waals surface area (Å²) in [5, 5.41) is 5.49. The molecule has 0 bridgehead atoms. The van der Waals surface area contributed by atoms with Crippen LogP contribution in [0.25, 0.3) is 43.8 Å². The third kappa shape index (κ3) is 2.01. The number of fused-ring (bicyclic) bond motifs is 7. The summed E-state index contributed by atoms with van der Waals surface area (Å²) in [4.78, 5) is 0. The molecule has 2 aliphatic carbocycles. The van der Waals surface area contributed by atoms with Crippen molar-refractivity contribution in [2.24, 2.45) is 0 Å². The Morgan fingerprint density at radius 3 is 1.71 bits per heavy atom. The van der Waals surface area contributed by atoms with E-state index in [9.17, 15) is 0 Å². The van der Waals surface area contributed by atoms with Gasteiger partial charge in [-0.2, -0.15) is 0 Å². The Kier molecular flexibility index (Phi) is 3.36. The van der Waals surface area contributed by atoms with Crippen molar-refractivity contribution in [1.29, 1.82) is 0 Å². The van der Waals surface area contributed by atoms with Gasteiger partial charge in [-0.15, -0.1) is 0 Å². The second-order valence-electron chi connectivity index (χ2n) is 9.76. The molecule has 34 heavy (non-hydrogen) atoms. The maximum atomic E-state index is 2.37. The molecule has 0 N–H and O–H groups in total. The van der Waals surface area contributed by atoms with Crippen molar-refractivity contribution >= 4 is 21.5 Å². The van der Waals surface area contributed by atoms with Crippen molar-refractivity contribution in [3.05, 3.63) is 143 Å². The Balaban J connectivity index is 1.58. The fourth-order valence-corrected chi connectivity index (χ4v) is 6.81. The first kappa shape index (κ1) is 18.3. The molecule has 1 spiro atoms. The van der Waals surface area contributed by atoms with Crippen LogP contribution in [0.15, 0.2) is 115 Å². The molecule has 8 rings (SSSR count). The predicted octanol–water partition coefficient (Wildman–Crippen LogP) is 8.64. The summed E-state index contributed by atoms with van der Waals surface area (Å²) in [7, 11) is 0. The topological polar surface area (TPSA) is 0 Å². The van der Waals surface area contributed by atoms with Crippen molar-refractivity contribution in [2.75, 3.05) is 0 Å². The smallest absolute Gasteiger partial charge is 0.0619 e. The molecular weight excluding hydrogens is 408 g/mol. The summed E-state index contributed by atoms with van der Waals surface area (Å²) >= 11 is 0. The van der Waals surface area contributed by atoms with Gasteiger partial charge in [-0.25, -0.2) is 0 Å². The van der Waals surface area contributed by atoms with E-state index >= 15 is 0 Å². The SMILES string of the molecule is Cc1ccc(-c2cccc3c2-c2ccccc2C32c3cccc4ccc5cccc2c5c34)cc1. The van der Waals surface area contributed by atoms with Crippen LogP contribution in [0.4, 0.5) is 0 Å². The lowest BCUT2D eigenvalue weighted by Crippen LogP contribution is -2.26. The van der Waals surface area contributed by atoms with Gasteiger partial charge >= 0.3 is 0 Å². The zero-order valence-electron chi connectivity index (χ0n) is 19.0. The van der Waals surface area contributed by atoms with Gasteiger partial charge in [0.25, 0.3) is 0 Å². The fourth-order valence-electron chi connectivity index (χ4n) is 6.81. The van der Waals surface area contributed by atoms with Crippen molar-refractivity contribution in [3.63, 3.8) is 0 Å². The molecular formula is C34H22. The summed E-state index contributed by atoms with van der Waals surface area (Å²) in [6.07, 6.45) is 0. The highest BCUT2D eigenvalue weighted by atomic mass is 14.5. The number of aryl methyl sites for hydroxylation is 1. The summed E-state index contributed by atoms with van der Waals surface area (Å²) in [6.45, 7) is 2.15. The second-order valence-corrected chi connectivity index (χ2v) is 9.76. The molecule has 0 aromatic heterocycles. The average molecular weight is 431 g/mol. The Morgan fingerprint density at radius 1 is 0.441 bits per heavy atom. The van der Waals surface area contributed by atoms with E-state index in [1.54, 1.807) is 0 Å². The molecule has 158 valence electrons. The van der Waals surface area contributed by atoms with Crippen molar-refractivity contribution in [3.8, 4) is 22.3 Å². The fraction of sp³-hybridized carbons (Fsp3) is 0.0588. The lowest BCUT2D eigenvalue weighted by atomic mass is 9.70. The summed E-state index contributed by atoms with van der Waals surface area (Å²) in [5.41, 5.74) is 12.0. The van der Waals surface area contributed by atoms with Gasteiger partial charge in [0.2, 0.25) is 0 Å². The van der Waals surface area contributed by atoms with E-state index in [4.69, 9.17) is 0 Å². The summed E-state index contributed by atoms with van der Waals surface area (Å²) < 4.78 is 0. The van der Waals surface area contributed by atoms with Gasteiger partial charge in [0.05, 0.1) is 5.41 Å². The normalized spacial score (nSPS) is 14.3. The highest BCUT2D eigenvalue weighted by Gasteiger charge is 2.51. The van der Waals surface area contributed by atoms with Crippen LogP contribution in [0.1, 0.15) is 27.8 Å². The monoisotopic (exact) mass is 430 g/mol. The van der Waals surface area contributed by atoms with Crippen LogP contribution >= 0.6 is 0 Å². The van der Waals surface area contributed by atoms with Gasteiger partial charge in [-0.1, -0.05) is 121 Å². The zero-order chi connectivity index (χ0) is 22.4. The molecule has 2 aliphatic rings. The molecule has 0 radical (unpaired) electrons. The number of hydrogen-bond acceptors (Lipinski definition) is 0. The summed E-state index contributed by atoms with van der Waals surface area (Å²) in [6, 6.07) is 43.3. The minimum absolute atomic E-state index is 0.282. The molecule has 0 atom stereocenters. The van der Waals surface area contributed by atoms with E-state index < -0.39 is 0 Å². The average Bonchev–Trinajstić information content (AvgIpc) is 3.36. The predicted molar refractivity (Wildman–Crippen MR) is 142 cm³/mol. The van der Waals surface area contributed by atoms with Crippen LogP contribution in [0.5, 0.6) is 0 Å². The largest absolute Gasteiger partial charge is 0.0726 e. The first-order valence-electron chi connectivity index (χ1n) is 12.0. The number of rotatable bonds is 1. The Labute approximate surface area is 199 Å². The molecule has 0 fully saturated rings. The van der Waals surface area contributed by atoms with Gasteiger partial charge in [0, 0.05) is 0 Å². The third-order valence-corrected chi connectivity index (χ3v) is 8.13. The van der Waals surface area contributed by atoms with Crippen molar-refractivity contribution < 1.29 is 0 Å². The minimum Gasteiger partial charge on any atom is -0.0619 e. The van der Waals surface area contributed by atoms with Crippen molar-refractivity contribution in [1.82, 2.24) is 0 Å². The maximum Gasteiger partial charge on any atom is 0.0726 e. The second kappa shape index (κ2) is 6.24. The van der Waals surface area contributed by atoms with Crippen LogP contribution in [-0.2, 0) is 5.41 Å². The first-order valence-corrected chi connectivity index (χ1v) is 12.0. The van der Waals surface area contributed by atoms with Gasteiger partial charge in [-0.3, -0.25) is 0 Å². The first-order chi connectivity index (χ1) is 16.8. The zero-order valence-corrected chi connectivity index (χ0v) is 19.0. The lowest BCUT2D eigenvalue weighted by molar-refractivity contribution is 0.797. The lowest BCUT2D eigenvalue weighted by Gasteiger charge is -2.31. The molecule has 0 aliphatic heterocycles. The van der Waals surface area contributed by atoms with Crippen LogP contribution < -0.4 is 0 Å². The molecule has 0 amide bonds. The van der Waals surface area contributed by atoms with Gasteiger partial charge in [-0.05, 0) is 73.0 Å².